The minimum Gasteiger partial charge on any atom is -0.314 e. The number of alkyl halides is 3. The average molecular weight is 209 g/mol. The second-order valence-electron chi connectivity index (χ2n) is 4.15. The summed E-state index contributed by atoms with van der Waals surface area (Å²) in [6.45, 7) is 2.05. The van der Waals surface area contributed by atoms with Crippen molar-refractivity contribution in [2.75, 3.05) is 6.54 Å². The van der Waals surface area contributed by atoms with Gasteiger partial charge in [-0.1, -0.05) is 12.8 Å². The summed E-state index contributed by atoms with van der Waals surface area (Å²) >= 11 is 0. The van der Waals surface area contributed by atoms with Gasteiger partial charge in [0.1, 0.15) is 0 Å². The van der Waals surface area contributed by atoms with Gasteiger partial charge in [-0.05, 0) is 25.7 Å². The number of halogens is 3. The van der Waals surface area contributed by atoms with Crippen molar-refractivity contribution >= 4 is 0 Å². The fourth-order valence-electron chi connectivity index (χ4n) is 2.07. The SMILES string of the molecule is CC(NCCC(F)(F)F)C1CCCC1. The van der Waals surface area contributed by atoms with Crippen LogP contribution in [0.15, 0.2) is 0 Å². The highest BCUT2D eigenvalue weighted by molar-refractivity contribution is 4.77. The van der Waals surface area contributed by atoms with Crippen molar-refractivity contribution in [3.8, 4) is 0 Å². The van der Waals surface area contributed by atoms with Crippen LogP contribution in [0.3, 0.4) is 0 Å². The standard InChI is InChI=1S/C10H18F3N/c1-8(9-4-2-3-5-9)14-7-6-10(11,12)13/h8-9,14H,2-7H2,1H3. The second-order valence-corrected chi connectivity index (χ2v) is 4.15. The first kappa shape index (κ1) is 11.8. The lowest BCUT2D eigenvalue weighted by molar-refractivity contribution is -0.133. The summed E-state index contributed by atoms with van der Waals surface area (Å²) in [5, 5.41) is 2.96. The molecule has 0 spiro atoms. The van der Waals surface area contributed by atoms with Crippen LogP contribution < -0.4 is 5.32 Å². The van der Waals surface area contributed by atoms with Crippen molar-refractivity contribution in [2.45, 2.75) is 51.2 Å². The van der Waals surface area contributed by atoms with E-state index in [-0.39, 0.29) is 12.6 Å². The van der Waals surface area contributed by atoms with E-state index in [4.69, 9.17) is 0 Å². The molecule has 1 saturated carbocycles. The van der Waals surface area contributed by atoms with Gasteiger partial charge < -0.3 is 5.32 Å². The molecule has 1 rings (SSSR count). The molecule has 0 saturated heterocycles. The number of rotatable bonds is 4. The van der Waals surface area contributed by atoms with Crippen LogP contribution in [0.2, 0.25) is 0 Å². The molecule has 0 aromatic rings. The molecule has 1 aliphatic rings. The maximum Gasteiger partial charge on any atom is 0.390 e. The molecule has 84 valence electrons. The molecule has 1 N–H and O–H groups in total. The molecule has 0 amide bonds. The van der Waals surface area contributed by atoms with Crippen molar-refractivity contribution in [1.29, 1.82) is 0 Å². The Kier molecular flexibility index (Phi) is 4.23. The molecule has 1 atom stereocenters. The van der Waals surface area contributed by atoms with Crippen molar-refractivity contribution in [1.82, 2.24) is 5.32 Å². The van der Waals surface area contributed by atoms with E-state index in [1.807, 2.05) is 6.92 Å². The zero-order chi connectivity index (χ0) is 10.6. The molecule has 1 fully saturated rings. The molecule has 0 aromatic carbocycles. The van der Waals surface area contributed by atoms with Crippen molar-refractivity contribution in [3.63, 3.8) is 0 Å². The van der Waals surface area contributed by atoms with E-state index in [0.717, 1.165) is 0 Å². The monoisotopic (exact) mass is 209 g/mol. The van der Waals surface area contributed by atoms with Crippen LogP contribution in [0.25, 0.3) is 0 Å². The number of hydrogen-bond donors (Lipinski definition) is 1. The minimum absolute atomic E-state index is 0.0567. The summed E-state index contributed by atoms with van der Waals surface area (Å²) in [5.41, 5.74) is 0. The van der Waals surface area contributed by atoms with Crippen LogP contribution in [-0.2, 0) is 0 Å². The molecule has 0 radical (unpaired) electrons. The smallest absolute Gasteiger partial charge is 0.314 e. The van der Waals surface area contributed by atoms with Crippen molar-refractivity contribution in [3.05, 3.63) is 0 Å². The zero-order valence-electron chi connectivity index (χ0n) is 8.53. The van der Waals surface area contributed by atoms with Gasteiger partial charge in [0.15, 0.2) is 0 Å². The molecule has 0 bridgehead atoms. The Bertz CT molecular complexity index is 161. The van der Waals surface area contributed by atoms with E-state index in [1.54, 1.807) is 0 Å². The molecule has 1 aliphatic carbocycles. The first-order valence-electron chi connectivity index (χ1n) is 5.29. The summed E-state index contributed by atoms with van der Waals surface area (Å²) in [4.78, 5) is 0. The third-order valence-electron chi connectivity index (χ3n) is 2.98. The van der Waals surface area contributed by atoms with E-state index in [9.17, 15) is 13.2 Å². The lowest BCUT2D eigenvalue weighted by atomic mass is 10.00. The highest BCUT2D eigenvalue weighted by Crippen LogP contribution is 2.27. The largest absolute Gasteiger partial charge is 0.390 e. The summed E-state index contributed by atoms with van der Waals surface area (Å²) < 4.78 is 35.5. The first-order valence-corrected chi connectivity index (χ1v) is 5.29. The fourth-order valence-corrected chi connectivity index (χ4v) is 2.07. The summed E-state index contributed by atoms with van der Waals surface area (Å²) in [6.07, 6.45) is 0.0543. The van der Waals surface area contributed by atoms with Gasteiger partial charge in [0.25, 0.3) is 0 Å². The summed E-state index contributed by atoms with van der Waals surface area (Å²) in [6, 6.07) is 0.236. The second kappa shape index (κ2) is 5.01. The lowest BCUT2D eigenvalue weighted by Gasteiger charge is -2.20. The molecule has 14 heavy (non-hydrogen) atoms. The van der Waals surface area contributed by atoms with E-state index in [2.05, 4.69) is 5.32 Å². The third-order valence-corrected chi connectivity index (χ3v) is 2.98. The van der Waals surface area contributed by atoms with Gasteiger partial charge in [0.2, 0.25) is 0 Å². The van der Waals surface area contributed by atoms with Crippen LogP contribution in [0.4, 0.5) is 13.2 Å². The van der Waals surface area contributed by atoms with Gasteiger partial charge in [-0.2, -0.15) is 13.2 Å². The van der Waals surface area contributed by atoms with Crippen molar-refractivity contribution < 1.29 is 13.2 Å². The minimum atomic E-state index is -4.03. The Hall–Kier alpha value is -0.250. The quantitative estimate of drug-likeness (QED) is 0.750. The highest BCUT2D eigenvalue weighted by Gasteiger charge is 2.27. The highest BCUT2D eigenvalue weighted by atomic mass is 19.4. The lowest BCUT2D eigenvalue weighted by Crippen LogP contribution is -2.34. The topological polar surface area (TPSA) is 12.0 Å². The van der Waals surface area contributed by atoms with Gasteiger partial charge in [-0.3, -0.25) is 0 Å². The zero-order valence-corrected chi connectivity index (χ0v) is 8.53. The van der Waals surface area contributed by atoms with Gasteiger partial charge in [0, 0.05) is 12.6 Å². The Morgan fingerprint density at radius 2 is 1.86 bits per heavy atom. The van der Waals surface area contributed by atoms with E-state index in [1.165, 1.54) is 25.7 Å². The third kappa shape index (κ3) is 4.31. The fraction of sp³-hybridized carbons (Fsp3) is 1.00. The van der Waals surface area contributed by atoms with Crippen LogP contribution in [-0.4, -0.2) is 18.8 Å². The van der Waals surface area contributed by atoms with Crippen LogP contribution in [0.1, 0.15) is 39.0 Å². The molecule has 0 aromatic heterocycles. The molecule has 0 aliphatic heterocycles. The Balaban J connectivity index is 2.11. The maximum atomic E-state index is 11.8. The Morgan fingerprint density at radius 3 is 2.36 bits per heavy atom. The molecule has 1 unspecified atom stereocenters. The predicted octanol–water partition coefficient (Wildman–Crippen LogP) is 3.11. The Labute approximate surface area is 83.1 Å². The van der Waals surface area contributed by atoms with Gasteiger partial charge in [0.05, 0.1) is 6.42 Å². The number of nitrogens with one attached hydrogen (secondary N) is 1. The molecule has 1 nitrogen and oxygen atoms in total. The predicted molar refractivity (Wildman–Crippen MR) is 50.1 cm³/mol. The normalized spacial score (nSPS) is 21.4. The summed E-state index contributed by atoms with van der Waals surface area (Å²) in [5.74, 6) is 0.586. The van der Waals surface area contributed by atoms with Gasteiger partial charge in [-0.25, -0.2) is 0 Å². The van der Waals surface area contributed by atoms with Crippen LogP contribution >= 0.6 is 0 Å². The average Bonchev–Trinajstić information content (AvgIpc) is 2.53. The molecular weight excluding hydrogens is 191 g/mol. The molecule has 4 heteroatoms. The van der Waals surface area contributed by atoms with Gasteiger partial charge in [-0.15, -0.1) is 0 Å². The van der Waals surface area contributed by atoms with Crippen LogP contribution in [0, 0.1) is 5.92 Å². The molecular formula is C10H18F3N. The van der Waals surface area contributed by atoms with Crippen LogP contribution in [0.5, 0.6) is 0 Å². The van der Waals surface area contributed by atoms with E-state index < -0.39 is 12.6 Å². The number of hydrogen-bond acceptors (Lipinski definition) is 1. The van der Waals surface area contributed by atoms with Gasteiger partial charge >= 0.3 is 6.18 Å². The van der Waals surface area contributed by atoms with E-state index >= 15 is 0 Å². The van der Waals surface area contributed by atoms with Crippen molar-refractivity contribution in [2.24, 2.45) is 5.92 Å². The molecule has 0 heterocycles. The van der Waals surface area contributed by atoms with E-state index in [0.29, 0.717) is 5.92 Å². The summed E-state index contributed by atoms with van der Waals surface area (Å²) in [7, 11) is 0. The Morgan fingerprint density at radius 1 is 1.29 bits per heavy atom. The maximum absolute atomic E-state index is 11.8. The first-order chi connectivity index (χ1) is 6.49.